The summed E-state index contributed by atoms with van der Waals surface area (Å²) in [6, 6.07) is 8.70. The van der Waals surface area contributed by atoms with Gasteiger partial charge in [0, 0.05) is 19.3 Å². The number of hydrogen-bond acceptors (Lipinski definition) is 7. The summed E-state index contributed by atoms with van der Waals surface area (Å²) in [7, 11) is -5.91. The summed E-state index contributed by atoms with van der Waals surface area (Å²) in [5.41, 5.74) is 2.48. The van der Waals surface area contributed by atoms with Crippen LogP contribution in [0.4, 0.5) is 5.82 Å². The van der Waals surface area contributed by atoms with Crippen LogP contribution in [0.25, 0.3) is 0 Å². The molecular formula is C17H22N4O5S2. The molecule has 0 saturated carbocycles. The van der Waals surface area contributed by atoms with Crippen LogP contribution in [-0.2, 0) is 20.0 Å². The molecule has 2 heterocycles. The summed E-state index contributed by atoms with van der Waals surface area (Å²) < 4.78 is 56.2. The Hall–Kier alpha value is -2.21. The third kappa shape index (κ3) is 4.61. The van der Waals surface area contributed by atoms with Gasteiger partial charge in [-0.2, -0.15) is 4.31 Å². The van der Waals surface area contributed by atoms with Crippen molar-refractivity contribution in [1.29, 1.82) is 0 Å². The average Bonchev–Trinajstić information content (AvgIpc) is 2.73. The van der Waals surface area contributed by atoms with Crippen molar-refractivity contribution in [3.05, 3.63) is 42.6 Å². The first kappa shape index (κ1) is 20.5. The van der Waals surface area contributed by atoms with Gasteiger partial charge in [-0.15, -0.1) is 4.83 Å². The second kappa shape index (κ2) is 8.43. The Bertz CT molecular complexity index is 1000. The van der Waals surface area contributed by atoms with E-state index in [0.29, 0.717) is 18.8 Å². The first-order valence-corrected chi connectivity index (χ1v) is 11.6. The van der Waals surface area contributed by atoms with Crippen molar-refractivity contribution in [2.45, 2.75) is 29.1 Å². The fourth-order valence-corrected chi connectivity index (χ4v) is 5.11. The van der Waals surface area contributed by atoms with Crippen LogP contribution in [0.5, 0.6) is 5.75 Å². The quantitative estimate of drug-likeness (QED) is 0.645. The minimum Gasteiger partial charge on any atom is -0.497 e. The number of hydrazine groups is 1. The highest BCUT2D eigenvalue weighted by Crippen LogP contribution is 2.21. The summed E-state index contributed by atoms with van der Waals surface area (Å²) >= 11 is 0. The smallest absolute Gasteiger partial charge is 0.257 e. The average molecular weight is 427 g/mol. The van der Waals surface area contributed by atoms with E-state index in [2.05, 4.69) is 15.2 Å². The van der Waals surface area contributed by atoms with Gasteiger partial charge in [-0.1, -0.05) is 6.42 Å². The van der Waals surface area contributed by atoms with Gasteiger partial charge in [-0.3, -0.25) is 5.43 Å². The van der Waals surface area contributed by atoms with Crippen molar-refractivity contribution in [1.82, 2.24) is 14.1 Å². The second-order valence-electron chi connectivity index (χ2n) is 6.25. The molecule has 0 radical (unpaired) electrons. The number of anilines is 1. The van der Waals surface area contributed by atoms with Crippen molar-refractivity contribution in [2.75, 3.05) is 25.6 Å². The largest absolute Gasteiger partial charge is 0.497 e. The molecule has 0 unspecified atom stereocenters. The van der Waals surface area contributed by atoms with E-state index in [9.17, 15) is 16.8 Å². The van der Waals surface area contributed by atoms with Gasteiger partial charge < -0.3 is 4.74 Å². The van der Waals surface area contributed by atoms with Gasteiger partial charge in [0.25, 0.3) is 10.0 Å². The van der Waals surface area contributed by atoms with Gasteiger partial charge in [-0.25, -0.2) is 21.8 Å². The van der Waals surface area contributed by atoms with Crippen LogP contribution >= 0.6 is 0 Å². The minimum atomic E-state index is -3.82. The molecule has 0 bridgehead atoms. The summed E-state index contributed by atoms with van der Waals surface area (Å²) in [5.74, 6) is 0.716. The van der Waals surface area contributed by atoms with Gasteiger partial charge >= 0.3 is 0 Å². The molecule has 11 heteroatoms. The van der Waals surface area contributed by atoms with E-state index in [1.54, 1.807) is 0 Å². The molecule has 1 aromatic heterocycles. The van der Waals surface area contributed by atoms with Crippen LogP contribution < -0.4 is 15.0 Å². The molecule has 2 aromatic rings. The van der Waals surface area contributed by atoms with E-state index in [0.717, 1.165) is 19.3 Å². The molecular weight excluding hydrogens is 404 g/mol. The standard InChI is InChI=1S/C17H22N4O5S2/c1-26-14-5-7-15(8-6-14)27(22,23)20-19-17-10-9-16(13-18-17)28(24,25)21-11-3-2-4-12-21/h5-10,13,20H,2-4,11-12H2,1H3,(H,18,19). The van der Waals surface area contributed by atoms with Crippen molar-refractivity contribution in [3.63, 3.8) is 0 Å². The SMILES string of the molecule is COc1ccc(S(=O)(=O)NNc2ccc(S(=O)(=O)N3CCCCC3)cn2)cc1. The monoisotopic (exact) mass is 426 g/mol. The summed E-state index contributed by atoms with van der Waals surface area (Å²) in [6.07, 6.45) is 3.94. The van der Waals surface area contributed by atoms with Crippen molar-refractivity contribution in [2.24, 2.45) is 0 Å². The summed E-state index contributed by atoms with van der Waals surface area (Å²) in [5, 5.41) is 0. The van der Waals surface area contributed by atoms with E-state index in [4.69, 9.17) is 4.74 Å². The Labute approximate surface area is 164 Å². The van der Waals surface area contributed by atoms with Gasteiger partial charge in [0.1, 0.15) is 16.5 Å². The maximum atomic E-state index is 12.6. The Morgan fingerprint density at radius 2 is 1.57 bits per heavy atom. The zero-order chi connectivity index (χ0) is 20.2. The number of hydrogen-bond donors (Lipinski definition) is 2. The van der Waals surface area contributed by atoms with Gasteiger partial charge in [0.2, 0.25) is 10.0 Å². The Balaban J connectivity index is 1.66. The van der Waals surface area contributed by atoms with E-state index in [1.807, 2.05) is 0 Å². The Morgan fingerprint density at radius 3 is 2.14 bits per heavy atom. The van der Waals surface area contributed by atoms with E-state index >= 15 is 0 Å². The lowest BCUT2D eigenvalue weighted by Gasteiger charge is -2.25. The van der Waals surface area contributed by atoms with Crippen LogP contribution in [0.2, 0.25) is 0 Å². The van der Waals surface area contributed by atoms with Gasteiger partial charge in [0.15, 0.2) is 0 Å². The Morgan fingerprint density at radius 1 is 0.929 bits per heavy atom. The number of benzene rings is 1. The lowest BCUT2D eigenvalue weighted by Crippen LogP contribution is -2.35. The minimum absolute atomic E-state index is 0.0464. The fraction of sp³-hybridized carbons (Fsp3) is 0.353. The van der Waals surface area contributed by atoms with Crippen LogP contribution in [-0.4, -0.2) is 46.3 Å². The molecule has 1 saturated heterocycles. The number of ether oxygens (including phenoxy) is 1. The third-order valence-electron chi connectivity index (χ3n) is 4.37. The van der Waals surface area contributed by atoms with Gasteiger partial charge in [0.05, 0.1) is 12.0 Å². The number of nitrogens with zero attached hydrogens (tertiary/aromatic N) is 2. The van der Waals surface area contributed by atoms with Crippen LogP contribution in [0, 0.1) is 0 Å². The highest BCUT2D eigenvalue weighted by atomic mass is 32.2. The highest BCUT2D eigenvalue weighted by molar-refractivity contribution is 7.89. The summed E-state index contributed by atoms with van der Waals surface area (Å²) in [6.45, 7) is 1.01. The maximum absolute atomic E-state index is 12.6. The van der Waals surface area contributed by atoms with E-state index in [-0.39, 0.29) is 15.6 Å². The normalized spacial score (nSPS) is 15.9. The summed E-state index contributed by atoms with van der Waals surface area (Å²) in [4.78, 5) is 6.34. The molecule has 3 rings (SSSR count). The predicted molar refractivity (Wildman–Crippen MR) is 104 cm³/mol. The number of sulfonamides is 2. The molecule has 1 aromatic carbocycles. The first-order valence-electron chi connectivity index (χ1n) is 8.71. The molecule has 0 atom stereocenters. The molecule has 2 N–H and O–H groups in total. The number of rotatable bonds is 7. The van der Waals surface area contributed by atoms with E-state index < -0.39 is 20.0 Å². The number of nitrogens with one attached hydrogen (secondary N) is 2. The zero-order valence-corrected chi connectivity index (χ0v) is 17.0. The lowest BCUT2D eigenvalue weighted by atomic mass is 10.2. The number of pyridine rings is 1. The van der Waals surface area contributed by atoms with Crippen molar-refractivity contribution in [3.8, 4) is 5.75 Å². The van der Waals surface area contributed by atoms with Crippen molar-refractivity contribution < 1.29 is 21.6 Å². The fourth-order valence-electron chi connectivity index (χ4n) is 2.79. The number of piperidine rings is 1. The Kier molecular flexibility index (Phi) is 6.18. The molecule has 152 valence electrons. The van der Waals surface area contributed by atoms with Crippen LogP contribution in [0.1, 0.15) is 19.3 Å². The van der Waals surface area contributed by atoms with Crippen LogP contribution in [0.3, 0.4) is 0 Å². The molecule has 28 heavy (non-hydrogen) atoms. The number of aromatic nitrogens is 1. The zero-order valence-electron chi connectivity index (χ0n) is 15.3. The molecule has 9 nitrogen and oxygen atoms in total. The molecule has 1 aliphatic rings. The van der Waals surface area contributed by atoms with Crippen molar-refractivity contribution >= 4 is 25.9 Å². The molecule has 0 spiro atoms. The first-order chi connectivity index (χ1) is 13.3. The predicted octanol–water partition coefficient (Wildman–Crippen LogP) is 1.57. The molecule has 0 amide bonds. The molecule has 0 aliphatic carbocycles. The topological polar surface area (TPSA) is 118 Å². The lowest BCUT2D eigenvalue weighted by molar-refractivity contribution is 0.346. The van der Waals surface area contributed by atoms with E-state index in [1.165, 1.54) is 54.0 Å². The van der Waals surface area contributed by atoms with Gasteiger partial charge in [-0.05, 0) is 49.2 Å². The van der Waals surface area contributed by atoms with Crippen LogP contribution in [0.15, 0.2) is 52.4 Å². The highest BCUT2D eigenvalue weighted by Gasteiger charge is 2.26. The molecule has 1 fully saturated rings. The second-order valence-corrected chi connectivity index (χ2v) is 9.87. The third-order valence-corrected chi connectivity index (χ3v) is 7.52. The molecule has 1 aliphatic heterocycles. The number of methoxy groups -OCH3 is 1. The maximum Gasteiger partial charge on any atom is 0.257 e.